The Morgan fingerprint density at radius 1 is 0.939 bits per heavy atom. The maximum Gasteiger partial charge on any atom is 0.300 e. The van der Waals surface area contributed by atoms with Gasteiger partial charge in [0.1, 0.15) is 17.3 Å². The van der Waals surface area contributed by atoms with Gasteiger partial charge in [0.25, 0.3) is 11.7 Å². The second kappa shape index (κ2) is 9.00. The lowest BCUT2D eigenvalue weighted by Gasteiger charge is -2.26. The highest BCUT2D eigenvalue weighted by Gasteiger charge is 2.47. The molecule has 1 heterocycles. The molecule has 1 aliphatic heterocycles. The molecule has 3 aromatic rings. The van der Waals surface area contributed by atoms with E-state index >= 15 is 0 Å². The molecule has 0 radical (unpaired) electrons. The number of nitrogens with zero attached hydrogens (tertiary/aromatic N) is 1. The molecule has 4 rings (SSSR count). The van der Waals surface area contributed by atoms with Gasteiger partial charge in [-0.1, -0.05) is 54.1 Å². The van der Waals surface area contributed by atoms with Crippen LogP contribution < -0.4 is 14.4 Å². The highest BCUT2D eigenvalue weighted by Crippen LogP contribution is 2.44. The SMILES string of the molecule is COc1cc(/C(O)=C2\C(=O)C(=O)N(c3cccc(C)c3)C2c2ccccc2)c(OC)cc1Cl. The number of methoxy groups -OCH3 is 2. The van der Waals surface area contributed by atoms with Crippen molar-refractivity contribution in [3.63, 3.8) is 0 Å². The Morgan fingerprint density at radius 3 is 2.27 bits per heavy atom. The standard InChI is InChI=1S/C26H22ClNO5/c1-15-8-7-11-17(12-15)28-23(16-9-5-4-6-10-16)22(25(30)26(28)31)24(29)18-13-21(33-3)19(27)14-20(18)32-2/h4-14,23,29H,1-3H3/b24-22+. The number of hydrogen-bond acceptors (Lipinski definition) is 5. The number of aliphatic hydroxyl groups is 1. The molecule has 1 N–H and O–H groups in total. The number of Topliss-reactive ketones (excluding diaryl/α,β-unsaturated/α-hetero) is 1. The molecule has 0 aliphatic carbocycles. The maximum atomic E-state index is 13.3. The summed E-state index contributed by atoms with van der Waals surface area (Å²) in [6.07, 6.45) is 0. The van der Waals surface area contributed by atoms with E-state index in [0.29, 0.717) is 17.0 Å². The van der Waals surface area contributed by atoms with Gasteiger partial charge >= 0.3 is 0 Å². The van der Waals surface area contributed by atoms with E-state index in [9.17, 15) is 14.7 Å². The predicted molar refractivity (Wildman–Crippen MR) is 127 cm³/mol. The van der Waals surface area contributed by atoms with Crippen molar-refractivity contribution in [2.45, 2.75) is 13.0 Å². The van der Waals surface area contributed by atoms with E-state index in [1.807, 2.05) is 55.5 Å². The Hall–Kier alpha value is -3.77. The Kier molecular flexibility index (Phi) is 6.11. The lowest BCUT2D eigenvalue weighted by Crippen LogP contribution is -2.29. The summed E-state index contributed by atoms with van der Waals surface area (Å²) in [4.78, 5) is 27.9. The normalized spacial score (nSPS) is 17.3. The summed E-state index contributed by atoms with van der Waals surface area (Å²) in [5.74, 6) is -1.35. The van der Waals surface area contributed by atoms with Gasteiger partial charge in [0.05, 0.1) is 36.4 Å². The molecule has 1 atom stereocenters. The summed E-state index contributed by atoms with van der Waals surface area (Å²) < 4.78 is 10.7. The van der Waals surface area contributed by atoms with Crippen LogP contribution in [0.1, 0.15) is 22.7 Å². The number of aryl methyl sites for hydroxylation is 1. The van der Waals surface area contributed by atoms with Crippen LogP contribution in [-0.2, 0) is 9.59 Å². The quantitative estimate of drug-likeness (QED) is 0.316. The molecule has 1 aliphatic rings. The highest BCUT2D eigenvalue weighted by atomic mass is 35.5. The van der Waals surface area contributed by atoms with Crippen LogP contribution in [0.3, 0.4) is 0 Å². The zero-order chi connectivity index (χ0) is 23.7. The molecule has 0 aromatic heterocycles. The van der Waals surface area contributed by atoms with Crippen molar-refractivity contribution >= 4 is 34.7 Å². The Bertz CT molecular complexity index is 1270. The van der Waals surface area contributed by atoms with Crippen LogP contribution in [0.4, 0.5) is 5.69 Å². The van der Waals surface area contributed by atoms with Gasteiger partial charge in [0, 0.05) is 11.8 Å². The van der Waals surface area contributed by atoms with Crippen LogP contribution in [0.25, 0.3) is 5.76 Å². The van der Waals surface area contributed by atoms with Crippen molar-refractivity contribution in [1.29, 1.82) is 0 Å². The van der Waals surface area contributed by atoms with E-state index in [-0.39, 0.29) is 27.7 Å². The third kappa shape index (κ3) is 3.94. The third-order valence-corrected chi connectivity index (χ3v) is 5.86. The molecule has 33 heavy (non-hydrogen) atoms. The van der Waals surface area contributed by atoms with Crippen molar-refractivity contribution in [2.75, 3.05) is 19.1 Å². The van der Waals surface area contributed by atoms with Crippen LogP contribution in [0, 0.1) is 6.92 Å². The van der Waals surface area contributed by atoms with E-state index in [2.05, 4.69) is 0 Å². The van der Waals surface area contributed by atoms with E-state index < -0.39 is 17.7 Å². The van der Waals surface area contributed by atoms with Gasteiger partial charge in [-0.15, -0.1) is 0 Å². The van der Waals surface area contributed by atoms with Gasteiger partial charge in [-0.05, 0) is 36.2 Å². The molecule has 7 heteroatoms. The first-order valence-corrected chi connectivity index (χ1v) is 10.6. The second-order valence-corrected chi connectivity index (χ2v) is 8.01. The van der Waals surface area contributed by atoms with Crippen LogP contribution in [-0.4, -0.2) is 31.0 Å². The summed E-state index contributed by atoms with van der Waals surface area (Å²) in [5, 5.41) is 11.7. The van der Waals surface area contributed by atoms with E-state index in [4.69, 9.17) is 21.1 Å². The first-order valence-electron chi connectivity index (χ1n) is 10.2. The molecule has 1 unspecified atom stereocenters. The summed E-state index contributed by atoms with van der Waals surface area (Å²) >= 11 is 6.21. The van der Waals surface area contributed by atoms with Crippen molar-refractivity contribution in [1.82, 2.24) is 0 Å². The molecule has 3 aromatic carbocycles. The lowest BCUT2D eigenvalue weighted by molar-refractivity contribution is -0.132. The molecule has 0 saturated carbocycles. The van der Waals surface area contributed by atoms with Gasteiger partial charge < -0.3 is 14.6 Å². The zero-order valence-electron chi connectivity index (χ0n) is 18.3. The van der Waals surface area contributed by atoms with E-state index in [1.54, 1.807) is 6.07 Å². The average Bonchev–Trinajstić information content (AvgIpc) is 3.09. The van der Waals surface area contributed by atoms with Crippen molar-refractivity contribution < 1.29 is 24.2 Å². The number of carbonyl (C=O) groups is 2. The molecule has 168 valence electrons. The number of halogens is 1. The smallest absolute Gasteiger partial charge is 0.300 e. The molecule has 6 nitrogen and oxygen atoms in total. The molecular formula is C26H22ClNO5. The number of ether oxygens (including phenoxy) is 2. The summed E-state index contributed by atoms with van der Waals surface area (Å²) in [7, 11) is 2.87. The Balaban J connectivity index is 1.99. The van der Waals surface area contributed by atoms with Crippen molar-refractivity contribution in [3.8, 4) is 11.5 Å². The minimum absolute atomic E-state index is 0.0459. The van der Waals surface area contributed by atoms with E-state index in [0.717, 1.165) is 5.56 Å². The van der Waals surface area contributed by atoms with Crippen LogP contribution >= 0.6 is 11.6 Å². The predicted octanol–water partition coefficient (Wildman–Crippen LogP) is 5.29. The number of amides is 1. The number of anilines is 1. The molecular weight excluding hydrogens is 442 g/mol. The molecule has 1 saturated heterocycles. The van der Waals surface area contributed by atoms with Gasteiger partial charge in [-0.3, -0.25) is 14.5 Å². The number of benzene rings is 3. The Labute approximate surface area is 196 Å². The summed E-state index contributed by atoms with van der Waals surface area (Å²) in [6.45, 7) is 1.91. The molecule has 1 amide bonds. The van der Waals surface area contributed by atoms with Crippen LogP contribution in [0.15, 0.2) is 72.3 Å². The zero-order valence-corrected chi connectivity index (χ0v) is 19.1. The minimum atomic E-state index is -0.834. The number of aliphatic hydroxyl groups excluding tert-OH is 1. The number of ketones is 1. The van der Waals surface area contributed by atoms with Crippen molar-refractivity contribution in [2.24, 2.45) is 0 Å². The summed E-state index contributed by atoms with van der Waals surface area (Å²) in [5.41, 5.74) is 2.33. The maximum absolute atomic E-state index is 13.3. The van der Waals surface area contributed by atoms with E-state index in [1.165, 1.54) is 31.3 Å². The molecule has 1 fully saturated rings. The van der Waals surface area contributed by atoms with Gasteiger partial charge in [0.2, 0.25) is 0 Å². The molecule has 0 bridgehead atoms. The van der Waals surface area contributed by atoms with Crippen LogP contribution in [0.5, 0.6) is 11.5 Å². The minimum Gasteiger partial charge on any atom is -0.507 e. The Morgan fingerprint density at radius 2 is 1.64 bits per heavy atom. The van der Waals surface area contributed by atoms with Crippen molar-refractivity contribution in [3.05, 3.63) is 94.0 Å². The topological polar surface area (TPSA) is 76.1 Å². The number of rotatable bonds is 5. The second-order valence-electron chi connectivity index (χ2n) is 7.61. The number of carbonyl (C=O) groups excluding carboxylic acids is 2. The van der Waals surface area contributed by atoms with Crippen LogP contribution in [0.2, 0.25) is 5.02 Å². The van der Waals surface area contributed by atoms with Gasteiger partial charge in [-0.2, -0.15) is 0 Å². The average molecular weight is 464 g/mol. The van der Waals surface area contributed by atoms with Gasteiger partial charge in [0.15, 0.2) is 0 Å². The number of hydrogen-bond donors (Lipinski definition) is 1. The molecule has 0 spiro atoms. The lowest BCUT2D eigenvalue weighted by atomic mass is 9.94. The monoisotopic (exact) mass is 463 g/mol. The fraction of sp³-hybridized carbons (Fsp3) is 0.154. The fourth-order valence-electron chi connectivity index (χ4n) is 4.02. The first kappa shape index (κ1) is 22.4. The highest BCUT2D eigenvalue weighted by molar-refractivity contribution is 6.51. The van der Waals surface area contributed by atoms with Gasteiger partial charge in [-0.25, -0.2) is 0 Å². The third-order valence-electron chi connectivity index (χ3n) is 5.57. The largest absolute Gasteiger partial charge is 0.507 e. The first-order chi connectivity index (χ1) is 15.9. The summed E-state index contributed by atoms with van der Waals surface area (Å²) in [6, 6.07) is 18.6. The fourth-order valence-corrected chi connectivity index (χ4v) is 4.25.